The van der Waals surface area contributed by atoms with E-state index in [1.807, 2.05) is 4.90 Å². The monoisotopic (exact) mass is 356 g/mol. The third kappa shape index (κ3) is 3.92. The predicted molar refractivity (Wildman–Crippen MR) is 102 cm³/mol. The number of piperidine rings is 1. The number of likely N-dealkylation sites (tertiary alicyclic amines) is 1. The Balaban J connectivity index is 1.59. The summed E-state index contributed by atoms with van der Waals surface area (Å²) in [6.45, 7) is 7.94. The van der Waals surface area contributed by atoms with Crippen LogP contribution in [-0.4, -0.2) is 41.5 Å². The zero-order chi connectivity index (χ0) is 18.7. The predicted octanol–water partition coefficient (Wildman–Crippen LogP) is 3.83. The molecule has 5 heteroatoms. The van der Waals surface area contributed by atoms with E-state index in [9.17, 15) is 9.59 Å². The number of esters is 1. The zero-order valence-electron chi connectivity index (χ0n) is 15.9. The number of nitrogens with zero attached hydrogens (tertiary/aromatic N) is 1. The normalized spacial score (nSPS) is 15.4. The lowest BCUT2D eigenvalue weighted by atomic mass is 9.91. The van der Waals surface area contributed by atoms with E-state index in [2.05, 4.69) is 37.0 Å². The number of nitrogens with one attached hydrogen (secondary N) is 1. The highest BCUT2D eigenvalue weighted by molar-refractivity contribution is 5.85. The molecule has 3 rings (SSSR count). The topological polar surface area (TPSA) is 62.4 Å². The van der Waals surface area contributed by atoms with Gasteiger partial charge in [-0.3, -0.25) is 9.59 Å². The quantitative estimate of drug-likeness (QED) is 0.828. The maximum absolute atomic E-state index is 12.3. The summed E-state index contributed by atoms with van der Waals surface area (Å²) in [5, 5.41) is 1.30. The molecule has 1 fully saturated rings. The van der Waals surface area contributed by atoms with Gasteiger partial charge in [0.05, 0.1) is 13.0 Å². The molecule has 1 aliphatic heterocycles. The summed E-state index contributed by atoms with van der Waals surface area (Å²) in [6.07, 6.45) is 2.33. The van der Waals surface area contributed by atoms with Gasteiger partial charge in [0.1, 0.15) is 0 Å². The van der Waals surface area contributed by atoms with Gasteiger partial charge in [0.2, 0.25) is 5.91 Å². The molecule has 1 aromatic heterocycles. The Morgan fingerprint density at radius 1 is 1.19 bits per heavy atom. The van der Waals surface area contributed by atoms with Crippen LogP contribution in [0.2, 0.25) is 0 Å². The fourth-order valence-corrected chi connectivity index (χ4v) is 3.89. The lowest BCUT2D eigenvalue weighted by molar-refractivity contribution is -0.145. The number of aryl methyl sites for hydroxylation is 2. The Morgan fingerprint density at radius 3 is 2.62 bits per heavy atom. The average Bonchev–Trinajstić information content (AvgIpc) is 2.96. The number of rotatable bonds is 5. The number of aromatic amines is 1. The van der Waals surface area contributed by atoms with Crippen LogP contribution in [-0.2, 0) is 14.3 Å². The molecule has 2 aromatic rings. The molecule has 0 unspecified atom stereocenters. The van der Waals surface area contributed by atoms with Gasteiger partial charge in [-0.25, -0.2) is 0 Å². The molecular formula is C21H28N2O3. The number of hydrogen-bond donors (Lipinski definition) is 1. The molecule has 0 spiro atoms. The molecule has 1 aliphatic rings. The molecular weight excluding hydrogens is 328 g/mol. The molecule has 0 bridgehead atoms. The standard InChI is InChI=1S/C21H28N2O3/c1-4-26-20(25)8-7-19(24)23-11-9-16(10-12-23)21-15(3)17-13-14(2)5-6-18(17)22-21/h5-6,13,16,22H,4,7-12H2,1-3H3. The van der Waals surface area contributed by atoms with E-state index in [0.29, 0.717) is 12.5 Å². The maximum Gasteiger partial charge on any atom is 0.306 e. The number of benzene rings is 1. The van der Waals surface area contributed by atoms with Crippen LogP contribution < -0.4 is 0 Å². The van der Waals surface area contributed by atoms with Gasteiger partial charge in [-0.05, 0) is 51.3 Å². The average molecular weight is 356 g/mol. The van der Waals surface area contributed by atoms with Gasteiger partial charge in [-0.2, -0.15) is 0 Å². The third-order valence-electron chi connectivity index (χ3n) is 5.36. The lowest BCUT2D eigenvalue weighted by Gasteiger charge is -2.32. The van der Waals surface area contributed by atoms with E-state index in [4.69, 9.17) is 4.74 Å². The van der Waals surface area contributed by atoms with Crippen molar-refractivity contribution in [2.75, 3.05) is 19.7 Å². The first-order valence-corrected chi connectivity index (χ1v) is 9.51. The molecule has 26 heavy (non-hydrogen) atoms. The second-order valence-corrected chi connectivity index (χ2v) is 7.17. The number of hydrogen-bond acceptors (Lipinski definition) is 3. The number of carbonyl (C=O) groups excluding carboxylic acids is 2. The van der Waals surface area contributed by atoms with Crippen molar-refractivity contribution < 1.29 is 14.3 Å². The van der Waals surface area contributed by atoms with Crippen molar-refractivity contribution in [1.82, 2.24) is 9.88 Å². The zero-order valence-corrected chi connectivity index (χ0v) is 15.9. The first-order valence-electron chi connectivity index (χ1n) is 9.51. The van der Waals surface area contributed by atoms with Gasteiger partial charge < -0.3 is 14.6 Å². The number of fused-ring (bicyclic) bond motifs is 1. The summed E-state index contributed by atoms with van der Waals surface area (Å²) in [7, 11) is 0. The Labute approximate surface area is 154 Å². The van der Waals surface area contributed by atoms with E-state index in [0.717, 1.165) is 25.9 Å². The van der Waals surface area contributed by atoms with Crippen molar-refractivity contribution in [3.63, 3.8) is 0 Å². The highest BCUT2D eigenvalue weighted by atomic mass is 16.5. The van der Waals surface area contributed by atoms with Gasteiger partial charge >= 0.3 is 5.97 Å². The van der Waals surface area contributed by atoms with Crippen LogP contribution in [0.1, 0.15) is 55.3 Å². The van der Waals surface area contributed by atoms with E-state index >= 15 is 0 Å². The summed E-state index contributed by atoms with van der Waals surface area (Å²) in [4.78, 5) is 29.2. The van der Waals surface area contributed by atoms with Crippen molar-refractivity contribution >= 4 is 22.8 Å². The highest BCUT2D eigenvalue weighted by Crippen LogP contribution is 2.34. The molecule has 140 valence electrons. The largest absolute Gasteiger partial charge is 0.466 e. The molecule has 5 nitrogen and oxygen atoms in total. The SMILES string of the molecule is CCOC(=O)CCC(=O)N1CCC(c2[nH]c3ccc(C)cc3c2C)CC1. The Kier molecular flexibility index (Phi) is 5.64. The smallest absolute Gasteiger partial charge is 0.306 e. The van der Waals surface area contributed by atoms with E-state index < -0.39 is 0 Å². The molecule has 0 saturated carbocycles. The summed E-state index contributed by atoms with van der Waals surface area (Å²) in [5.41, 5.74) is 5.10. The van der Waals surface area contributed by atoms with Crippen LogP contribution >= 0.6 is 0 Å². The lowest BCUT2D eigenvalue weighted by Crippen LogP contribution is -2.38. The summed E-state index contributed by atoms with van der Waals surface area (Å²) < 4.78 is 4.89. The maximum atomic E-state index is 12.3. The molecule has 2 heterocycles. The van der Waals surface area contributed by atoms with Gasteiger partial charge in [0.25, 0.3) is 0 Å². The molecule has 1 N–H and O–H groups in total. The van der Waals surface area contributed by atoms with Gasteiger partial charge in [0, 0.05) is 42.0 Å². The van der Waals surface area contributed by atoms with Crippen LogP contribution in [0.3, 0.4) is 0 Å². The minimum absolute atomic E-state index is 0.0560. The molecule has 0 atom stereocenters. The Morgan fingerprint density at radius 2 is 1.92 bits per heavy atom. The summed E-state index contributed by atoms with van der Waals surface area (Å²) >= 11 is 0. The highest BCUT2D eigenvalue weighted by Gasteiger charge is 2.26. The van der Waals surface area contributed by atoms with E-state index in [1.54, 1.807) is 6.92 Å². The fraction of sp³-hybridized carbons (Fsp3) is 0.524. The third-order valence-corrected chi connectivity index (χ3v) is 5.36. The first-order chi connectivity index (χ1) is 12.5. The van der Waals surface area contributed by atoms with Crippen LogP contribution in [0.25, 0.3) is 10.9 Å². The van der Waals surface area contributed by atoms with E-state index in [1.165, 1.54) is 27.7 Å². The summed E-state index contributed by atoms with van der Waals surface area (Å²) in [6, 6.07) is 6.51. The summed E-state index contributed by atoms with van der Waals surface area (Å²) in [5.74, 6) is 0.219. The van der Waals surface area contributed by atoms with Crippen molar-refractivity contribution in [2.24, 2.45) is 0 Å². The second-order valence-electron chi connectivity index (χ2n) is 7.17. The van der Waals surface area contributed by atoms with Crippen LogP contribution in [0.4, 0.5) is 0 Å². The van der Waals surface area contributed by atoms with Crippen LogP contribution in [0.15, 0.2) is 18.2 Å². The molecule has 0 aliphatic carbocycles. The number of carbonyl (C=O) groups is 2. The van der Waals surface area contributed by atoms with Crippen LogP contribution in [0, 0.1) is 13.8 Å². The Bertz CT molecular complexity index is 801. The van der Waals surface area contributed by atoms with Crippen molar-refractivity contribution in [1.29, 1.82) is 0 Å². The van der Waals surface area contributed by atoms with Crippen molar-refractivity contribution in [2.45, 2.75) is 52.4 Å². The number of amides is 1. The molecule has 0 radical (unpaired) electrons. The van der Waals surface area contributed by atoms with Crippen molar-refractivity contribution in [3.05, 3.63) is 35.0 Å². The second kappa shape index (κ2) is 7.94. The van der Waals surface area contributed by atoms with Crippen molar-refractivity contribution in [3.8, 4) is 0 Å². The van der Waals surface area contributed by atoms with Gasteiger partial charge in [-0.15, -0.1) is 0 Å². The minimum Gasteiger partial charge on any atom is -0.466 e. The van der Waals surface area contributed by atoms with Gasteiger partial charge in [-0.1, -0.05) is 11.6 Å². The molecule has 1 aromatic carbocycles. The molecule has 1 saturated heterocycles. The number of H-pyrrole nitrogens is 1. The fourth-order valence-electron chi connectivity index (χ4n) is 3.89. The van der Waals surface area contributed by atoms with Gasteiger partial charge in [0.15, 0.2) is 0 Å². The minimum atomic E-state index is -0.292. The number of aromatic nitrogens is 1. The number of ether oxygens (including phenoxy) is 1. The first kappa shape index (κ1) is 18.5. The van der Waals surface area contributed by atoms with E-state index in [-0.39, 0.29) is 24.7 Å². The molecule has 1 amide bonds. The Hall–Kier alpha value is -2.30. The van der Waals surface area contributed by atoms with Crippen LogP contribution in [0.5, 0.6) is 0 Å².